The molecule has 0 saturated carbocycles. The summed E-state index contributed by atoms with van der Waals surface area (Å²) in [4.78, 5) is 0. The van der Waals surface area contributed by atoms with Gasteiger partial charge in [0.15, 0.2) is 0 Å². The highest BCUT2D eigenvalue weighted by atomic mass is 79.9. The third-order valence-corrected chi connectivity index (χ3v) is 3.24. The summed E-state index contributed by atoms with van der Waals surface area (Å²) in [7, 11) is 0. The molecule has 0 aliphatic rings. The van der Waals surface area contributed by atoms with Crippen molar-refractivity contribution in [1.82, 2.24) is 5.32 Å². The molecule has 0 heterocycles. The van der Waals surface area contributed by atoms with Gasteiger partial charge in [-0.3, -0.25) is 0 Å². The van der Waals surface area contributed by atoms with Gasteiger partial charge in [-0.15, -0.1) is 0 Å². The molecule has 0 bridgehead atoms. The fourth-order valence-electron chi connectivity index (χ4n) is 1.53. The highest BCUT2D eigenvalue weighted by Gasteiger charge is 2.11. The largest absolute Gasteiger partial charge is 0.489 e. The van der Waals surface area contributed by atoms with Crippen LogP contribution in [0.5, 0.6) is 5.75 Å². The molecule has 18 heavy (non-hydrogen) atoms. The number of hydrogen-bond acceptors (Lipinski definition) is 3. The summed E-state index contributed by atoms with van der Waals surface area (Å²) >= 11 is 6.99. The Balaban J connectivity index is 2.85. The summed E-state index contributed by atoms with van der Waals surface area (Å²) in [6, 6.07) is 3.99. The molecule has 0 fully saturated rings. The van der Waals surface area contributed by atoms with E-state index >= 15 is 0 Å². The van der Waals surface area contributed by atoms with E-state index in [2.05, 4.69) is 37.2 Å². The predicted molar refractivity (Wildman–Crippen MR) is 81.0 cm³/mol. The normalized spacial score (nSPS) is 12.8. The van der Waals surface area contributed by atoms with Crippen LogP contribution in [0.4, 0.5) is 0 Å². The Kier molecular flexibility index (Phi) is 6.63. The first-order chi connectivity index (χ1) is 8.40. The van der Waals surface area contributed by atoms with Crippen molar-refractivity contribution in [3.63, 3.8) is 0 Å². The van der Waals surface area contributed by atoms with E-state index in [1.54, 1.807) is 6.92 Å². The lowest BCUT2D eigenvalue weighted by Gasteiger charge is -2.17. The molecule has 5 heteroatoms. The molecule has 0 amide bonds. The van der Waals surface area contributed by atoms with Crippen LogP contribution in [0.1, 0.15) is 26.3 Å². The second-order valence-corrected chi connectivity index (χ2v) is 6.29. The minimum Gasteiger partial charge on any atom is -0.489 e. The molecule has 0 aliphatic carbocycles. The molecule has 0 aliphatic heterocycles. The Bertz CT molecular complexity index is 395. The number of benzene rings is 1. The second kappa shape index (κ2) is 7.48. The monoisotopic (exact) mass is 379 g/mol. The van der Waals surface area contributed by atoms with E-state index in [1.165, 1.54) is 0 Å². The lowest BCUT2D eigenvalue weighted by Crippen LogP contribution is -2.24. The quantitative estimate of drug-likeness (QED) is 0.793. The molecule has 0 aromatic heterocycles. The van der Waals surface area contributed by atoms with E-state index in [0.717, 1.165) is 20.3 Å². The van der Waals surface area contributed by atoms with Gasteiger partial charge in [-0.1, -0.05) is 15.9 Å². The molecule has 102 valence electrons. The van der Waals surface area contributed by atoms with E-state index in [9.17, 15) is 5.11 Å². The van der Waals surface area contributed by atoms with Gasteiger partial charge in [-0.25, -0.2) is 0 Å². The summed E-state index contributed by atoms with van der Waals surface area (Å²) in [5, 5.41) is 12.4. The number of hydrogen-bond donors (Lipinski definition) is 2. The van der Waals surface area contributed by atoms with Gasteiger partial charge in [-0.05, 0) is 48.8 Å². The number of nitrogens with one attached hydrogen (secondary N) is 1. The zero-order chi connectivity index (χ0) is 13.7. The molecule has 3 nitrogen and oxygen atoms in total. The highest BCUT2D eigenvalue weighted by molar-refractivity contribution is 9.11. The Morgan fingerprint density at radius 2 is 1.94 bits per heavy atom. The first kappa shape index (κ1) is 16.0. The van der Waals surface area contributed by atoms with Crippen molar-refractivity contribution >= 4 is 31.9 Å². The molecule has 0 saturated heterocycles. The second-order valence-electron chi connectivity index (χ2n) is 4.52. The molecular weight excluding hydrogens is 362 g/mol. The molecule has 0 spiro atoms. The molecule has 1 unspecified atom stereocenters. The van der Waals surface area contributed by atoms with Gasteiger partial charge in [0.2, 0.25) is 0 Å². The van der Waals surface area contributed by atoms with Gasteiger partial charge in [0.1, 0.15) is 5.75 Å². The zero-order valence-electron chi connectivity index (χ0n) is 10.8. The van der Waals surface area contributed by atoms with E-state index in [-0.39, 0.29) is 12.2 Å². The highest BCUT2D eigenvalue weighted by Crippen LogP contribution is 2.33. The molecule has 1 aromatic rings. The van der Waals surface area contributed by atoms with Crippen LogP contribution in [0.3, 0.4) is 0 Å². The summed E-state index contributed by atoms with van der Waals surface area (Å²) < 4.78 is 7.75. The number of ether oxygens (including phenoxy) is 1. The van der Waals surface area contributed by atoms with Gasteiger partial charge in [-0.2, -0.15) is 0 Å². The standard InChI is InChI=1S/C13H19Br2NO2/c1-8(2)18-13-10(7-16-6-9(3)17)4-11(14)5-12(13)15/h4-5,8-9,16-17H,6-7H2,1-3H3. The molecule has 1 aromatic carbocycles. The van der Waals surface area contributed by atoms with Gasteiger partial charge >= 0.3 is 0 Å². The van der Waals surface area contributed by atoms with Crippen molar-refractivity contribution in [3.8, 4) is 5.75 Å². The van der Waals surface area contributed by atoms with E-state index in [1.807, 2.05) is 26.0 Å². The maximum atomic E-state index is 9.24. The van der Waals surface area contributed by atoms with Crippen LogP contribution in [-0.4, -0.2) is 23.9 Å². The molecular formula is C13H19Br2NO2. The average Bonchev–Trinajstić information content (AvgIpc) is 2.22. The van der Waals surface area contributed by atoms with Crippen LogP contribution in [0.25, 0.3) is 0 Å². The molecule has 1 rings (SSSR count). The number of rotatable bonds is 6. The lowest BCUT2D eigenvalue weighted by atomic mass is 10.2. The summed E-state index contributed by atoms with van der Waals surface area (Å²) in [6.45, 7) is 6.98. The first-order valence-corrected chi connectivity index (χ1v) is 7.52. The van der Waals surface area contributed by atoms with Crippen molar-refractivity contribution in [2.45, 2.75) is 39.5 Å². The minimum absolute atomic E-state index is 0.123. The van der Waals surface area contributed by atoms with Crippen LogP contribution in [0.15, 0.2) is 21.1 Å². The van der Waals surface area contributed by atoms with Crippen LogP contribution < -0.4 is 10.1 Å². The van der Waals surface area contributed by atoms with E-state index < -0.39 is 0 Å². The summed E-state index contributed by atoms with van der Waals surface area (Å²) in [5.74, 6) is 0.853. The van der Waals surface area contributed by atoms with Gasteiger partial charge in [0.05, 0.1) is 16.7 Å². The van der Waals surface area contributed by atoms with Crippen molar-refractivity contribution in [3.05, 3.63) is 26.6 Å². The molecule has 1 atom stereocenters. The number of aliphatic hydroxyl groups is 1. The Labute approximate surface area is 125 Å². The third kappa shape index (κ3) is 5.26. The van der Waals surface area contributed by atoms with Crippen LogP contribution in [-0.2, 0) is 6.54 Å². The average molecular weight is 381 g/mol. The van der Waals surface area contributed by atoms with Crippen molar-refractivity contribution in [1.29, 1.82) is 0 Å². The topological polar surface area (TPSA) is 41.5 Å². The SMILES string of the molecule is CC(O)CNCc1cc(Br)cc(Br)c1OC(C)C. The minimum atomic E-state index is -0.352. The molecule has 0 radical (unpaired) electrons. The summed E-state index contributed by atoms with van der Waals surface area (Å²) in [5.41, 5.74) is 1.06. The maximum absolute atomic E-state index is 9.24. The lowest BCUT2D eigenvalue weighted by molar-refractivity contribution is 0.190. The smallest absolute Gasteiger partial charge is 0.138 e. The predicted octanol–water partition coefficient (Wildman–Crippen LogP) is 3.47. The van der Waals surface area contributed by atoms with E-state index in [4.69, 9.17) is 4.74 Å². The van der Waals surface area contributed by atoms with Crippen LogP contribution in [0, 0.1) is 0 Å². The van der Waals surface area contributed by atoms with E-state index in [0.29, 0.717) is 13.1 Å². The maximum Gasteiger partial charge on any atom is 0.138 e. The number of halogens is 2. The number of aliphatic hydroxyl groups excluding tert-OH is 1. The van der Waals surface area contributed by atoms with Crippen LogP contribution >= 0.6 is 31.9 Å². The van der Waals surface area contributed by atoms with Gasteiger partial charge in [0, 0.05) is 23.1 Å². The Hall–Kier alpha value is -0.100. The van der Waals surface area contributed by atoms with Crippen molar-refractivity contribution < 1.29 is 9.84 Å². The summed E-state index contributed by atoms with van der Waals surface area (Å²) in [6.07, 6.45) is -0.229. The fourth-order valence-corrected chi connectivity index (χ4v) is 2.94. The van der Waals surface area contributed by atoms with Crippen molar-refractivity contribution in [2.24, 2.45) is 0 Å². The van der Waals surface area contributed by atoms with Crippen molar-refractivity contribution in [2.75, 3.05) is 6.54 Å². The van der Waals surface area contributed by atoms with Crippen LogP contribution in [0.2, 0.25) is 0 Å². The fraction of sp³-hybridized carbons (Fsp3) is 0.538. The molecule has 2 N–H and O–H groups in total. The Morgan fingerprint density at radius 1 is 1.28 bits per heavy atom. The zero-order valence-corrected chi connectivity index (χ0v) is 14.0. The first-order valence-electron chi connectivity index (χ1n) is 5.93. The Morgan fingerprint density at radius 3 is 2.50 bits per heavy atom. The van der Waals surface area contributed by atoms with Gasteiger partial charge < -0.3 is 15.2 Å². The third-order valence-electron chi connectivity index (χ3n) is 2.19. The van der Waals surface area contributed by atoms with Gasteiger partial charge in [0.25, 0.3) is 0 Å².